The van der Waals surface area contributed by atoms with Crippen molar-refractivity contribution in [2.75, 3.05) is 0 Å². The van der Waals surface area contributed by atoms with E-state index in [1.807, 2.05) is 4.98 Å². The fourth-order valence-corrected chi connectivity index (χ4v) is 1.42. The quantitative estimate of drug-likeness (QED) is 0.610. The maximum absolute atomic E-state index is 13.1. The molecular formula is C12H15FN4O3. The minimum atomic E-state index is -0.859. The summed E-state index contributed by atoms with van der Waals surface area (Å²) in [6.45, 7) is 1.52. The molecular weight excluding hydrogens is 267 g/mol. The molecule has 8 heteroatoms. The summed E-state index contributed by atoms with van der Waals surface area (Å²) in [7, 11) is 0. The highest BCUT2D eigenvalue weighted by Crippen LogP contribution is 2.11. The molecule has 1 amide bonds. The van der Waals surface area contributed by atoms with E-state index >= 15 is 0 Å². The van der Waals surface area contributed by atoms with Gasteiger partial charge in [0, 0.05) is 19.0 Å². The van der Waals surface area contributed by atoms with Gasteiger partial charge in [-0.2, -0.15) is 4.98 Å². The summed E-state index contributed by atoms with van der Waals surface area (Å²) >= 11 is 0. The summed E-state index contributed by atoms with van der Waals surface area (Å²) in [5.41, 5.74) is -0.767. The van der Waals surface area contributed by atoms with E-state index in [0.717, 1.165) is 19.0 Å². The molecule has 0 spiro atoms. The lowest BCUT2D eigenvalue weighted by atomic mass is 10.1. The number of H-pyrrole nitrogens is 1. The Hall–Kier alpha value is -2.25. The van der Waals surface area contributed by atoms with E-state index in [1.165, 1.54) is 6.92 Å². The van der Waals surface area contributed by atoms with Crippen LogP contribution in [0.15, 0.2) is 21.2 Å². The largest absolute Gasteiger partial charge is 0.347 e. The van der Waals surface area contributed by atoms with Gasteiger partial charge in [0.15, 0.2) is 5.82 Å². The first-order chi connectivity index (χ1) is 9.49. The zero-order chi connectivity index (χ0) is 15.0. The average molecular weight is 282 g/mol. The molecule has 0 aliphatic rings. The third-order valence-corrected chi connectivity index (χ3v) is 2.42. The van der Waals surface area contributed by atoms with Crippen LogP contribution >= 0.6 is 0 Å². The summed E-state index contributed by atoms with van der Waals surface area (Å²) < 4.78 is 13.1. The predicted octanol–water partition coefficient (Wildman–Crippen LogP) is 2.06. The number of halogens is 1. The summed E-state index contributed by atoms with van der Waals surface area (Å²) in [5, 5.41) is 6.60. The lowest BCUT2D eigenvalue weighted by Gasteiger charge is -1.96. The van der Waals surface area contributed by atoms with Gasteiger partial charge in [0.25, 0.3) is 5.91 Å². The summed E-state index contributed by atoms with van der Waals surface area (Å²) in [5.74, 6) is -1.78. The summed E-state index contributed by atoms with van der Waals surface area (Å²) in [4.78, 5) is 38.1. The number of carbonyl (C=O) groups excluding carboxylic acids is 2. The van der Waals surface area contributed by atoms with Crippen LogP contribution in [0, 0.1) is 5.82 Å². The second-order valence-corrected chi connectivity index (χ2v) is 4.23. The second kappa shape index (κ2) is 8.03. The molecule has 0 radical (unpaired) electrons. The van der Waals surface area contributed by atoms with Gasteiger partial charge in [-0.05, 0) is 19.8 Å². The lowest BCUT2D eigenvalue weighted by molar-refractivity contribution is -0.118. The first kappa shape index (κ1) is 15.8. The van der Waals surface area contributed by atoms with Crippen LogP contribution in [0.25, 0.3) is 0 Å². The van der Waals surface area contributed by atoms with Crippen LogP contribution in [0.5, 0.6) is 0 Å². The molecule has 0 atom stereocenters. The van der Waals surface area contributed by atoms with Gasteiger partial charge in [-0.15, -0.1) is 10.2 Å². The van der Waals surface area contributed by atoms with Crippen LogP contribution in [-0.4, -0.2) is 21.7 Å². The molecule has 0 saturated heterocycles. The number of unbranched alkanes of at least 4 members (excludes halogenated alkanes) is 2. The smallest absolute Gasteiger partial charge is 0.310 e. The number of hydrogen-bond acceptors (Lipinski definition) is 5. The Bertz CT molecular complexity index is 568. The number of amides is 1. The van der Waals surface area contributed by atoms with E-state index in [1.54, 1.807) is 0 Å². The SMILES string of the molecule is CC(=O)CCCCCC(=O)/N=N/c1nc(=O)[nH]cc1F. The van der Waals surface area contributed by atoms with Gasteiger partial charge in [0.1, 0.15) is 5.78 Å². The van der Waals surface area contributed by atoms with Crippen LogP contribution in [0.3, 0.4) is 0 Å². The van der Waals surface area contributed by atoms with Crippen molar-refractivity contribution in [3.05, 3.63) is 22.5 Å². The standard InChI is InChI=1S/C12H15FN4O3/c1-8(18)5-3-2-4-6-10(19)16-17-11-9(13)7-14-12(20)15-11/h7H,2-6H2,1H3,(H,14,15,20)/b17-16+. The molecule has 7 nitrogen and oxygen atoms in total. The fourth-order valence-electron chi connectivity index (χ4n) is 1.42. The minimum absolute atomic E-state index is 0.117. The van der Waals surface area contributed by atoms with E-state index in [0.29, 0.717) is 12.8 Å². The van der Waals surface area contributed by atoms with Gasteiger partial charge < -0.3 is 9.78 Å². The van der Waals surface area contributed by atoms with Gasteiger partial charge in [-0.1, -0.05) is 6.42 Å². The lowest BCUT2D eigenvalue weighted by Crippen LogP contribution is -2.09. The molecule has 1 rings (SSSR count). The number of ketones is 1. The molecule has 1 aromatic rings. The molecule has 0 bridgehead atoms. The monoisotopic (exact) mass is 282 g/mol. The van der Waals surface area contributed by atoms with Crippen molar-refractivity contribution >= 4 is 17.5 Å². The van der Waals surface area contributed by atoms with E-state index < -0.39 is 23.2 Å². The number of rotatable bonds is 7. The van der Waals surface area contributed by atoms with Crippen LogP contribution in [0.2, 0.25) is 0 Å². The topological polar surface area (TPSA) is 105 Å². The second-order valence-electron chi connectivity index (χ2n) is 4.23. The molecule has 0 aromatic carbocycles. The van der Waals surface area contributed by atoms with E-state index in [9.17, 15) is 18.8 Å². The third kappa shape index (κ3) is 6.07. The van der Waals surface area contributed by atoms with Gasteiger partial charge >= 0.3 is 5.69 Å². The third-order valence-electron chi connectivity index (χ3n) is 2.42. The van der Waals surface area contributed by atoms with Crippen molar-refractivity contribution in [2.24, 2.45) is 10.2 Å². The van der Waals surface area contributed by atoms with Crippen LogP contribution in [-0.2, 0) is 9.59 Å². The molecule has 0 fully saturated rings. The molecule has 0 aliphatic heterocycles. The number of nitrogens with zero attached hydrogens (tertiary/aromatic N) is 3. The average Bonchev–Trinajstić information content (AvgIpc) is 2.39. The fraction of sp³-hybridized carbons (Fsp3) is 0.500. The number of hydrogen-bond donors (Lipinski definition) is 1. The molecule has 0 saturated carbocycles. The summed E-state index contributed by atoms with van der Waals surface area (Å²) in [6, 6.07) is 0. The zero-order valence-electron chi connectivity index (χ0n) is 11.1. The van der Waals surface area contributed by atoms with Gasteiger partial charge in [-0.25, -0.2) is 9.18 Å². The van der Waals surface area contributed by atoms with Crippen LogP contribution in [0.4, 0.5) is 10.2 Å². The molecule has 0 unspecified atom stereocenters. The van der Waals surface area contributed by atoms with Gasteiger partial charge in [0.2, 0.25) is 5.82 Å². The normalized spacial score (nSPS) is 10.9. The highest BCUT2D eigenvalue weighted by atomic mass is 19.1. The highest BCUT2D eigenvalue weighted by Gasteiger charge is 2.05. The maximum Gasteiger partial charge on any atom is 0.347 e. The number of aromatic amines is 1. The first-order valence-corrected chi connectivity index (χ1v) is 6.18. The van der Waals surface area contributed by atoms with E-state index in [4.69, 9.17) is 0 Å². The zero-order valence-corrected chi connectivity index (χ0v) is 11.1. The van der Waals surface area contributed by atoms with E-state index in [-0.39, 0.29) is 12.2 Å². The Labute approximate surface area is 114 Å². The number of carbonyl (C=O) groups is 2. The minimum Gasteiger partial charge on any atom is -0.310 e. The van der Waals surface area contributed by atoms with Crippen molar-refractivity contribution in [3.8, 4) is 0 Å². The molecule has 1 aromatic heterocycles. The van der Waals surface area contributed by atoms with Gasteiger partial charge in [0.05, 0.1) is 0 Å². The van der Waals surface area contributed by atoms with Gasteiger partial charge in [-0.3, -0.25) is 4.79 Å². The van der Waals surface area contributed by atoms with E-state index in [2.05, 4.69) is 15.2 Å². The molecule has 108 valence electrons. The number of azo groups is 1. The molecule has 1 heterocycles. The Morgan fingerprint density at radius 3 is 2.70 bits per heavy atom. The Morgan fingerprint density at radius 1 is 1.30 bits per heavy atom. The number of nitrogens with one attached hydrogen (secondary N) is 1. The molecule has 0 aliphatic carbocycles. The van der Waals surface area contributed by atoms with Crippen molar-refractivity contribution in [1.82, 2.24) is 9.97 Å². The Kier molecular flexibility index (Phi) is 6.34. The van der Waals surface area contributed by atoms with Crippen LogP contribution < -0.4 is 5.69 Å². The Balaban J connectivity index is 2.38. The number of Topliss-reactive ketones (excluding diaryl/α,β-unsaturated/α-hetero) is 1. The van der Waals surface area contributed by atoms with Crippen molar-refractivity contribution < 1.29 is 14.0 Å². The van der Waals surface area contributed by atoms with Crippen molar-refractivity contribution in [3.63, 3.8) is 0 Å². The van der Waals surface area contributed by atoms with Crippen LogP contribution in [0.1, 0.15) is 39.0 Å². The first-order valence-electron chi connectivity index (χ1n) is 6.18. The van der Waals surface area contributed by atoms with Crippen molar-refractivity contribution in [1.29, 1.82) is 0 Å². The predicted molar refractivity (Wildman–Crippen MR) is 68.1 cm³/mol. The molecule has 1 N–H and O–H groups in total. The molecule has 20 heavy (non-hydrogen) atoms. The highest BCUT2D eigenvalue weighted by molar-refractivity contribution is 5.76. The van der Waals surface area contributed by atoms with Crippen molar-refractivity contribution in [2.45, 2.75) is 39.0 Å². The number of aromatic nitrogens is 2. The maximum atomic E-state index is 13.1. The summed E-state index contributed by atoms with van der Waals surface area (Å²) in [6.07, 6.45) is 3.50. The Morgan fingerprint density at radius 2 is 2.00 bits per heavy atom.